The maximum atomic E-state index is 12.1. The van der Waals surface area contributed by atoms with Crippen LogP contribution in [-0.2, 0) is 4.79 Å². The van der Waals surface area contributed by atoms with Gasteiger partial charge in [0.2, 0.25) is 0 Å². The summed E-state index contributed by atoms with van der Waals surface area (Å²) in [5.41, 5.74) is 4.24. The van der Waals surface area contributed by atoms with Gasteiger partial charge in [-0.2, -0.15) is 0 Å². The number of fused-ring (bicyclic) bond motifs is 1. The number of carbonyl (C=O) groups excluding carboxylic acids is 1. The van der Waals surface area contributed by atoms with Crippen LogP contribution in [0.15, 0.2) is 42.5 Å². The molecule has 1 aliphatic rings. The van der Waals surface area contributed by atoms with E-state index in [-0.39, 0.29) is 17.3 Å². The summed E-state index contributed by atoms with van der Waals surface area (Å²) in [5.74, 6) is 0.982. The number of hydrogen-bond donors (Lipinski definition) is 0. The van der Waals surface area contributed by atoms with Gasteiger partial charge in [-0.25, -0.2) is 0 Å². The van der Waals surface area contributed by atoms with Gasteiger partial charge in [0, 0.05) is 17.9 Å². The standard InChI is InChI=1S/C20H22O2/c1-13-10-19-17(11-16(13)15-8-6-5-7-9-15)18(14(2)21)12-20(3,4)22-19/h5-11,18H,12H2,1-4H3. The molecule has 2 nitrogen and oxygen atoms in total. The van der Waals surface area contributed by atoms with Crippen LogP contribution in [0.1, 0.15) is 44.2 Å². The lowest BCUT2D eigenvalue weighted by molar-refractivity contribution is -0.120. The molecule has 0 N–H and O–H groups in total. The highest BCUT2D eigenvalue weighted by atomic mass is 16.5. The molecule has 2 heteroatoms. The number of aryl methyl sites for hydroxylation is 1. The first-order valence-corrected chi connectivity index (χ1v) is 7.77. The first kappa shape index (κ1) is 14.8. The van der Waals surface area contributed by atoms with Crippen LogP contribution < -0.4 is 4.74 Å². The van der Waals surface area contributed by atoms with Gasteiger partial charge >= 0.3 is 0 Å². The second-order valence-electron chi connectivity index (χ2n) is 6.80. The summed E-state index contributed by atoms with van der Waals surface area (Å²) in [5, 5.41) is 0. The van der Waals surface area contributed by atoms with Gasteiger partial charge in [-0.3, -0.25) is 4.79 Å². The minimum absolute atomic E-state index is 0.0817. The molecule has 0 saturated carbocycles. The van der Waals surface area contributed by atoms with Crippen LogP contribution in [0.2, 0.25) is 0 Å². The van der Waals surface area contributed by atoms with Gasteiger partial charge in [0.1, 0.15) is 17.1 Å². The first-order valence-electron chi connectivity index (χ1n) is 7.77. The van der Waals surface area contributed by atoms with Gasteiger partial charge in [-0.15, -0.1) is 0 Å². The van der Waals surface area contributed by atoms with Crippen molar-refractivity contribution in [1.82, 2.24) is 0 Å². The van der Waals surface area contributed by atoms with Crippen molar-refractivity contribution >= 4 is 5.78 Å². The summed E-state index contributed by atoms with van der Waals surface area (Å²) >= 11 is 0. The second kappa shape index (κ2) is 5.28. The lowest BCUT2D eigenvalue weighted by Crippen LogP contribution is -2.36. The van der Waals surface area contributed by atoms with Crippen LogP contribution in [0.4, 0.5) is 0 Å². The van der Waals surface area contributed by atoms with Crippen molar-refractivity contribution in [2.75, 3.05) is 0 Å². The fourth-order valence-corrected chi connectivity index (χ4v) is 3.29. The topological polar surface area (TPSA) is 26.3 Å². The van der Waals surface area contributed by atoms with Gasteiger partial charge in [-0.1, -0.05) is 30.3 Å². The number of ether oxygens (including phenoxy) is 1. The molecule has 0 aliphatic carbocycles. The zero-order chi connectivity index (χ0) is 15.9. The van der Waals surface area contributed by atoms with Crippen LogP contribution in [0.5, 0.6) is 5.75 Å². The fourth-order valence-electron chi connectivity index (χ4n) is 3.29. The Morgan fingerprint density at radius 3 is 2.50 bits per heavy atom. The van der Waals surface area contributed by atoms with E-state index in [0.717, 1.165) is 17.7 Å². The molecule has 1 aliphatic heterocycles. The highest BCUT2D eigenvalue weighted by Crippen LogP contribution is 2.44. The molecule has 0 amide bonds. The summed E-state index contributed by atoms with van der Waals surface area (Å²) in [4.78, 5) is 12.1. The Kier molecular flexibility index (Phi) is 3.56. The summed E-state index contributed by atoms with van der Waals surface area (Å²) in [6.07, 6.45) is 0.729. The van der Waals surface area contributed by atoms with E-state index < -0.39 is 0 Å². The Labute approximate surface area is 132 Å². The Morgan fingerprint density at radius 1 is 1.18 bits per heavy atom. The third kappa shape index (κ3) is 2.66. The summed E-state index contributed by atoms with van der Waals surface area (Å²) < 4.78 is 6.12. The Morgan fingerprint density at radius 2 is 1.86 bits per heavy atom. The molecule has 1 heterocycles. The molecule has 3 rings (SSSR count). The SMILES string of the molecule is CC(=O)C1CC(C)(C)Oc2cc(C)c(-c3ccccc3)cc21. The maximum absolute atomic E-state index is 12.1. The summed E-state index contributed by atoms with van der Waals surface area (Å²) in [6, 6.07) is 14.5. The number of ketones is 1. The quantitative estimate of drug-likeness (QED) is 0.787. The van der Waals surface area contributed by atoms with Crippen LogP contribution in [0.3, 0.4) is 0 Å². The van der Waals surface area contributed by atoms with E-state index in [0.29, 0.717) is 0 Å². The maximum Gasteiger partial charge on any atom is 0.137 e. The smallest absolute Gasteiger partial charge is 0.137 e. The molecule has 1 unspecified atom stereocenters. The normalized spacial score (nSPS) is 19.2. The van der Waals surface area contributed by atoms with Crippen molar-refractivity contribution in [3.05, 3.63) is 53.6 Å². The molecular formula is C20H22O2. The molecule has 0 saturated heterocycles. The Bertz CT molecular complexity index is 714. The van der Waals surface area contributed by atoms with E-state index in [1.165, 1.54) is 16.7 Å². The van der Waals surface area contributed by atoms with Crippen molar-refractivity contribution in [3.8, 4) is 16.9 Å². The van der Waals surface area contributed by atoms with E-state index in [9.17, 15) is 4.79 Å². The predicted molar refractivity (Wildman–Crippen MR) is 89.4 cm³/mol. The van der Waals surface area contributed by atoms with E-state index in [1.54, 1.807) is 6.92 Å². The van der Waals surface area contributed by atoms with E-state index >= 15 is 0 Å². The molecule has 1 atom stereocenters. The monoisotopic (exact) mass is 294 g/mol. The van der Waals surface area contributed by atoms with Crippen molar-refractivity contribution in [2.24, 2.45) is 0 Å². The molecule has 0 radical (unpaired) electrons. The Balaban J connectivity index is 2.16. The van der Waals surface area contributed by atoms with Gasteiger partial charge in [0.15, 0.2) is 0 Å². The number of carbonyl (C=O) groups is 1. The van der Waals surface area contributed by atoms with Gasteiger partial charge < -0.3 is 4.74 Å². The molecule has 2 aromatic carbocycles. The van der Waals surface area contributed by atoms with E-state index in [1.807, 2.05) is 32.0 Å². The predicted octanol–water partition coefficient (Wildman–Crippen LogP) is 4.90. The molecule has 0 bridgehead atoms. The lowest BCUT2D eigenvalue weighted by Gasteiger charge is -2.37. The third-order valence-corrected chi connectivity index (χ3v) is 4.39. The van der Waals surface area contributed by atoms with Gasteiger partial charge in [0.05, 0.1) is 0 Å². The van der Waals surface area contributed by atoms with E-state index in [2.05, 4.69) is 31.2 Å². The van der Waals surface area contributed by atoms with E-state index in [4.69, 9.17) is 4.74 Å². The highest BCUT2D eigenvalue weighted by molar-refractivity contribution is 5.86. The average Bonchev–Trinajstić information content (AvgIpc) is 2.45. The average molecular weight is 294 g/mol. The second-order valence-corrected chi connectivity index (χ2v) is 6.80. The molecule has 0 spiro atoms. The number of Topliss-reactive ketones (excluding diaryl/α,β-unsaturated/α-hetero) is 1. The molecule has 114 valence electrons. The minimum Gasteiger partial charge on any atom is -0.488 e. The summed E-state index contributed by atoms with van der Waals surface area (Å²) in [7, 11) is 0. The number of benzene rings is 2. The molecular weight excluding hydrogens is 272 g/mol. The Hall–Kier alpha value is -2.09. The van der Waals surface area contributed by atoms with Crippen molar-refractivity contribution in [1.29, 1.82) is 0 Å². The molecule has 0 fully saturated rings. The van der Waals surface area contributed by atoms with Crippen LogP contribution >= 0.6 is 0 Å². The zero-order valence-corrected chi connectivity index (χ0v) is 13.6. The van der Waals surface area contributed by atoms with Crippen LogP contribution in [-0.4, -0.2) is 11.4 Å². The van der Waals surface area contributed by atoms with Gasteiger partial charge in [0.25, 0.3) is 0 Å². The minimum atomic E-state index is -0.302. The molecule has 2 aromatic rings. The van der Waals surface area contributed by atoms with Gasteiger partial charge in [-0.05, 0) is 56.5 Å². The first-order chi connectivity index (χ1) is 10.4. The lowest BCUT2D eigenvalue weighted by atomic mass is 9.80. The largest absolute Gasteiger partial charge is 0.488 e. The fraction of sp³-hybridized carbons (Fsp3) is 0.350. The van der Waals surface area contributed by atoms with Crippen molar-refractivity contribution in [2.45, 2.75) is 45.6 Å². The number of hydrogen-bond acceptors (Lipinski definition) is 2. The van der Waals surface area contributed by atoms with Crippen molar-refractivity contribution in [3.63, 3.8) is 0 Å². The zero-order valence-electron chi connectivity index (χ0n) is 13.6. The molecule has 22 heavy (non-hydrogen) atoms. The van der Waals surface area contributed by atoms with Crippen LogP contribution in [0.25, 0.3) is 11.1 Å². The number of rotatable bonds is 2. The summed E-state index contributed by atoms with van der Waals surface area (Å²) in [6.45, 7) is 7.87. The van der Waals surface area contributed by atoms with Crippen LogP contribution in [0, 0.1) is 6.92 Å². The van der Waals surface area contributed by atoms with Crippen molar-refractivity contribution < 1.29 is 9.53 Å². The highest BCUT2D eigenvalue weighted by Gasteiger charge is 2.36. The third-order valence-electron chi connectivity index (χ3n) is 4.39. The molecule has 0 aromatic heterocycles.